The number of phenolic OH excluding ortho intramolecular Hbond substituents is 4. The van der Waals surface area contributed by atoms with Crippen LogP contribution in [0.1, 0.15) is 99.9 Å². The minimum absolute atomic E-state index is 0.0298. The van der Waals surface area contributed by atoms with E-state index in [0.717, 1.165) is 22.3 Å². The molecular formula is C40H48O8. The van der Waals surface area contributed by atoms with Gasteiger partial charge in [0.05, 0.1) is 24.4 Å². The van der Waals surface area contributed by atoms with E-state index in [4.69, 9.17) is 18.9 Å². The Morgan fingerprint density at radius 1 is 0.333 bits per heavy atom. The Hall–Kier alpha value is -4.72. The van der Waals surface area contributed by atoms with Gasteiger partial charge < -0.3 is 39.4 Å². The molecular weight excluding hydrogens is 608 g/mol. The highest BCUT2D eigenvalue weighted by atomic mass is 16.5. The first-order chi connectivity index (χ1) is 22.7. The van der Waals surface area contributed by atoms with Gasteiger partial charge >= 0.3 is 0 Å². The van der Waals surface area contributed by atoms with Crippen LogP contribution in [0, 0.1) is 0 Å². The number of ether oxygens (including phenoxy) is 4. The lowest BCUT2D eigenvalue weighted by Gasteiger charge is -2.23. The lowest BCUT2D eigenvalue weighted by molar-refractivity contribution is 0.226. The monoisotopic (exact) mass is 656 g/mol. The molecule has 8 nitrogen and oxygen atoms in total. The third-order valence-electron chi connectivity index (χ3n) is 8.02. The van der Waals surface area contributed by atoms with E-state index in [1.807, 2.05) is 91.8 Å². The Morgan fingerprint density at radius 3 is 0.750 bits per heavy atom. The third kappa shape index (κ3) is 8.04. The SMILES string of the molecule is CC(C)Oc1cc(OC(C)C)c2cc1Cc1cc(c(O)cc1O)Cc1cc(c(OC(C)C)cc1OC(C)C)Cc1cc(c(O)cc1O)C2. The molecule has 0 aliphatic heterocycles. The minimum Gasteiger partial charge on any atom is -0.508 e. The minimum atomic E-state index is -0.122. The molecule has 5 rings (SSSR count). The molecule has 4 aromatic rings. The molecule has 0 heterocycles. The lowest BCUT2D eigenvalue weighted by atomic mass is 9.91. The van der Waals surface area contributed by atoms with Crippen LogP contribution in [0.3, 0.4) is 0 Å². The second-order valence-electron chi connectivity index (χ2n) is 13.7. The summed E-state index contributed by atoms with van der Waals surface area (Å²) in [5, 5.41) is 44.3. The van der Waals surface area contributed by atoms with Crippen molar-refractivity contribution < 1.29 is 39.4 Å². The highest BCUT2D eigenvalue weighted by Gasteiger charge is 2.23. The molecule has 4 N–H and O–H groups in total. The van der Waals surface area contributed by atoms with Crippen molar-refractivity contribution in [1.82, 2.24) is 0 Å². The molecule has 1 aliphatic carbocycles. The molecule has 0 amide bonds. The first-order valence-corrected chi connectivity index (χ1v) is 16.7. The molecule has 0 spiro atoms. The summed E-state index contributed by atoms with van der Waals surface area (Å²) in [4.78, 5) is 0. The molecule has 0 fully saturated rings. The number of hydrogen-bond donors (Lipinski definition) is 4. The van der Waals surface area contributed by atoms with Crippen LogP contribution in [0.5, 0.6) is 46.0 Å². The van der Waals surface area contributed by atoms with Gasteiger partial charge in [0.2, 0.25) is 0 Å². The van der Waals surface area contributed by atoms with Gasteiger partial charge in [0.1, 0.15) is 46.0 Å². The molecule has 0 saturated heterocycles. The van der Waals surface area contributed by atoms with Gasteiger partial charge in [-0.2, -0.15) is 0 Å². The van der Waals surface area contributed by atoms with Crippen molar-refractivity contribution >= 4 is 0 Å². The Morgan fingerprint density at radius 2 is 0.542 bits per heavy atom. The summed E-state index contributed by atoms with van der Waals surface area (Å²) < 4.78 is 25.1. The van der Waals surface area contributed by atoms with Gasteiger partial charge in [-0.1, -0.05) is 0 Å². The summed E-state index contributed by atoms with van der Waals surface area (Å²) in [5.41, 5.74) is 5.73. The van der Waals surface area contributed by atoms with Gasteiger partial charge in [-0.05, 0) is 124 Å². The second-order valence-corrected chi connectivity index (χ2v) is 13.7. The number of rotatable bonds is 8. The van der Waals surface area contributed by atoms with Crippen molar-refractivity contribution in [2.75, 3.05) is 0 Å². The topological polar surface area (TPSA) is 118 Å². The van der Waals surface area contributed by atoms with Gasteiger partial charge in [0, 0.05) is 49.9 Å². The molecule has 0 aromatic heterocycles. The zero-order chi connectivity index (χ0) is 34.9. The summed E-state index contributed by atoms with van der Waals surface area (Å²) in [6.07, 6.45) is 0.753. The van der Waals surface area contributed by atoms with Crippen LogP contribution >= 0.6 is 0 Å². The summed E-state index contributed by atoms with van der Waals surface area (Å²) in [6.45, 7) is 15.6. The Bertz CT molecular complexity index is 1540. The molecule has 1 aliphatic rings. The van der Waals surface area contributed by atoms with E-state index >= 15 is 0 Å². The Labute approximate surface area is 283 Å². The maximum Gasteiger partial charge on any atom is 0.126 e. The van der Waals surface area contributed by atoms with Crippen molar-refractivity contribution in [3.05, 3.63) is 93.0 Å². The summed E-state index contributed by atoms with van der Waals surface area (Å²) in [6, 6.07) is 14.2. The number of benzene rings is 4. The smallest absolute Gasteiger partial charge is 0.126 e. The fraction of sp³-hybridized carbons (Fsp3) is 0.400. The maximum atomic E-state index is 11.1. The molecule has 8 heteroatoms. The first-order valence-electron chi connectivity index (χ1n) is 16.7. The predicted molar refractivity (Wildman–Crippen MR) is 187 cm³/mol. The zero-order valence-electron chi connectivity index (χ0n) is 29.2. The average Bonchev–Trinajstić information content (AvgIpc) is 2.96. The van der Waals surface area contributed by atoms with Gasteiger partial charge in [-0.15, -0.1) is 0 Å². The molecule has 0 radical (unpaired) electrons. The van der Waals surface area contributed by atoms with Gasteiger partial charge in [-0.25, -0.2) is 0 Å². The number of phenols is 4. The standard InChI is InChI=1S/C40H48O8/c1-21(2)45-37-19-38(46-22(3)4)30-12-27-10-28(36(44)18-35(27)43)14-32-16-31(39(47-23(5)6)20-40(32)48-24(7)8)13-26-9-25(11-29(37)15-30)33(41)17-34(26)42/h9-10,15-24,41-44H,11-14H2,1-8H3. The van der Waals surface area contributed by atoms with Crippen LogP contribution in [-0.4, -0.2) is 44.8 Å². The predicted octanol–water partition coefficient (Wildman–Crippen LogP) is 8.33. The van der Waals surface area contributed by atoms with Crippen LogP contribution in [0.15, 0.2) is 48.5 Å². The lowest BCUT2D eigenvalue weighted by Crippen LogP contribution is -2.13. The first kappa shape index (κ1) is 34.6. The van der Waals surface area contributed by atoms with Crippen molar-refractivity contribution in [1.29, 1.82) is 0 Å². The van der Waals surface area contributed by atoms with E-state index in [-0.39, 0.29) is 47.4 Å². The van der Waals surface area contributed by atoms with Gasteiger partial charge in [-0.3, -0.25) is 0 Å². The van der Waals surface area contributed by atoms with Crippen LogP contribution < -0.4 is 18.9 Å². The zero-order valence-corrected chi connectivity index (χ0v) is 29.2. The summed E-state index contributed by atoms with van der Waals surface area (Å²) in [7, 11) is 0. The number of aromatic hydroxyl groups is 4. The molecule has 0 saturated carbocycles. The average molecular weight is 657 g/mol. The molecule has 256 valence electrons. The highest BCUT2D eigenvalue weighted by molar-refractivity contribution is 5.58. The molecule has 0 unspecified atom stereocenters. The highest BCUT2D eigenvalue weighted by Crippen LogP contribution is 2.41. The van der Waals surface area contributed by atoms with Crippen molar-refractivity contribution in [3.8, 4) is 46.0 Å². The summed E-state index contributed by atoms with van der Waals surface area (Å²) >= 11 is 0. The largest absolute Gasteiger partial charge is 0.508 e. The van der Waals surface area contributed by atoms with E-state index in [1.54, 1.807) is 0 Å². The normalized spacial score (nSPS) is 12.9. The molecule has 0 atom stereocenters. The molecule has 4 aromatic carbocycles. The van der Waals surface area contributed by atoms with E-state index in [1.165, 1.54) is 12.1 Å². The van der Waals surface area contributed by atoms with Crippen LogP contribution in [0.2, 0.25) is 0 Å². The van der Waals surface area contributed by atoms with E-state index in [9.17, 15) is 20.4 Å². The van der Waals surface area contributed by atoms with Crippen LogP contribution in [0.25, 0.3) is 0 Å². The van der Waals surface area contributed by atoms with Gasteiger partial charge in [0.15, 0.2) is 0 Å². The van der Waals surface area contributed by atoms with Gasteiger partial charge in [0.25, 0.3) is 0 Å². The van der Waals surface area contributed by atoms with Crippen molar-refractivity contribution in [2.24, 2.45) is 0 Å². The fourth-order valence-corrected chi connectivity index (χ4v) is 6.05. The third-order valence-corrected chi connectivity index (χ3v) is 8.02. The van der Waals surface area contributed by atoms with Crippen LogP contribution in [-0.2, 0) is 25.7 Å². The van der Waals surface area contributed by atoms with Crippen molar-refractivity contribution in [2.45, 2.75) is 105 Å². The van der Waals surface area contributed by atoms with Crippen molar-refractivity contribution in [3.63, 3.8) is 0 Å². The van der Waals surface area contributed by atoms with Crippen LogP contribution in [0.4, 0.5) is 0 Å². The Balaban J connectivity index is 1.79. The quantitative estimate of drug-likeness (QED) is 0.132. The van der Waals surface area contributed by atoms with E-state index in [2.05, 4.69) is 0 Å². The second kappa shape index (κ2) is 14.2. The maximum absolute atomic E-state index is 11.1. The Kier molecular flexibility index (Phi) is 10.2. The number of hydrogen-bond acceptors (Lipinski definition) is 8. The van der Waals surface area contributed by atoms with E-state index < -0.39 is 0 Å². The summed E-state index contributed by atoms with van der Waals surface area (Å²) in [5.74, 6) is 2.36. The molecule has 48 heavy (non-hydrogen) atoms. The fourth-order valence-electron chi connectivity index (χ4n) is 6.05. The molecule has 8 bridgehead atoms. The van der Waals surface area contributed by atoms with E-state index in [0.29, 0.717) is 70.9 Å². The number of fused-ring (bicyclic) bond motifs is 8.